The van der Waals surface area contributed by atoms with E-state index in [0.29, 0.717) is 23.7 Å². The minimum Gasteiger partial charge on any atom is -0.493 e. The molecule has 152 valence electrons. The van der Waals surface area contributed by atoms with Gasteiger partial charge in [0.25, 0.3) is 5.91 Å². The van der Waals surface area contributed by atoms with Crippen LogP contribution >= 0.6 is 22.6 Å². The van der Waals surface area contributed by atoms with Crippen LogP contribution in [0.4, 0.5) is 0 Å². The quantitative estimate of drug-likeness (QED) is 0.264. The number of nitriles is 1. The second-order valence-corrected chi connectivity index (χ2v) is 7.99. The van der Waals surface area contributed by atoms with Gasteiger partial charge in [0.2, 0.25) is 0 Å². The molecular weight excluding hydrogens is 491 g/mol. The molecule has 0 aliphatic carbocycles. The number of amides is 1. The normalized spacial score (nSPS) is 11.1. The molecule has 3 rings (SSSR count). The average molecular weight is 512 g/mol. The van der Waals surface area contributed by atoms with Crippen LogP contribution < -0.4 is 9.47 Å². The molecule has 0 aliphatic rings. The molecule has 0 saturated heterocycles. The van der Waals surface area contributed by atoms with Crippen LogP contribution in [-0.4, -0.2) is 32.0 Å². The van der Waals surface area contributed by atoms with Crippen LogP contribution in [0.3, 0.4) is 0 Å². The molecule has 0 aromatic heterocycles. The summed E-state index contributed by atoms with van der Waals surface area (Å²) < 4.78 is 12.5. The summed E-state index contributed by atoms with van der Waals surface area (Å²) in [7, 11) is 4.80. The van der Waals surface area contributed by atoms with E-state index in [2.05, 4.69) is 40.8 Å². The molecule has 0 N–H and O–H groups in total. The van der Waals surface area contributed by atoms with Gasteiger partial charge in [0.15, 0.2) is 11.5 Å². The Morgan fingerprint density at radius 1 is 1.17 bits per heavy atom. The molecule has 0 unspecified atom stereocenters. The Bertz CT molecular complexity index is 1160. The molecule has 3 aromatic carbocycles. The largest absolute Gasteiger partial charge is 0.493 e. The van der Waals surface area contributed by atoms with E-state index in [1.54, 1.807) is 33.3 Å². The number of nitrogens with zero attached hydrogens (tertiary/aromatic N) is 2. The Hall–Kier alpha value is -3.05. The van der Waals surface area contributed by atoms with Crippen LogP contribution in [-0.2, 0) is 11.4 Å². The number of fused-ring (bicyclic) bond motifs is 1. The Balaban J connectivity index is 1.91. The fourth-order valence-electron chi connectivity index (χ4n) is 3.08. The zero-order valence-corrected chi connectivity index (χ0v) is 19.1. The van der Waals surface area contributed by atoms with Crippen molar-refractivity contribution in [2.75, 3.05) is 21.2 Å². The second kappa shape index (κ2) is 9.63. The van der Waals surface area contributed by atoms with E-state index in [-0.39, 0.29) is 11.5 Å². The fraction of sp³-hybridized carbons (Fsp3) is 0.167. The van der Waals surface area contributed by atoms with Crippen molar-refractivity contribution in [1.29, 1.82) is 5.26 Å². The van der Waals surface area contributed by atoms with Crippen molar-refractivity contribution >= 4 is 45.3 Å². The molecule has 6 heteroatoms. The minimum absolute atomic E-state index is 0.0577. The molecule has 0 radical (unpaired) electrons. The molecule has 0 aliphatic heterocycles. The summed E-state index contributed by atoms with van der Waals surface area (Å²) in [6.07, 6.45) is 1.56. The summed E-state index contributed by atoms with van der Waals surface area (Å²) in [5, 5.41) is 11.6. The van der Waals surface area contributed by atoms with Crippen molar-refractivity contribution in [3.8, 4) is 17.6 Å². The molecule has 0 atom stereocenters. The number of likely N-dealkylation sites (N-methyl/N-ethyl adjacent to an activating group) is 1. The van der Waals surface area contributed by atoms with Gasteiger partial charge in [-0.2, -0.15) is 5.26 Å². The van der Waals surface area contributed by atoms with E-state index < -0.39 is 0 Å². The third-order valence-electron chi connectivity index (χ3n) is 4.57. The molecule has 1 amide bonds. The van der Waals surface area contributed by atoms with Gasteiger partial charge in [0.05, 0.1) is 10.7 Å². The van der Waals surface area contributed by atoms with E-state index >= 15 is 0 Å². The standard InChI is InChI=1S/C24H21IN2O3/c1-27(2)24(28)19(14-26)11-16-12-21(25)23(22(13-16)29-3)30-15-18-9-6-8-17-7-4-5-10-20(17)18/h4-13H,15H2,1-3H3/b19-11-. The topological polar surface area (TPSA) is 62.6 Å². The number of rotatable bonds is 6. The molecule has 0 saturated carbocycles. The number of carbonyl (C=O) groups excluding carboxylic acids is 1. The van der Waals surface area contributed by atoms with Gasteiger partial charge in [-0.25, -0.2) is 0 Å². The number of methoxy groups -OCH3 is 1. The lowest BCUT2D eigenvalue weighted by Gasteiger charge is -2.15. The molecule has 3 aromatic rings. The van der Waals surface area contributed by atoms with Gasteiger partial charge < -0.3 is 14.4 Å². The highest BCUT2D eigenvalue weighted by molar-refractivity contribution is 14.1. The van der Waals surface area contributed by atoms with Crippen LogP contribution in [0, 0.1) is 14.9 Å². The lowest BCUT2D eigenvalue weighted by Crippen LogP contribution is -2.22. The summed E-state index contributed by atoms with van der Waals surface area (Å²) in [6.45, 7) is 0.394. The zero-order chi connectivity index (χ0) is 21.7. The highest BCUT2D eigenvalue weighted by Crippen LogP contribution is 2.35. The minimum atomic E-state index is -0.345. The Labute approximate surface area is 189 Å². The van der Waals surface area contributed by atoms with Crippen LogP contribution in [0.5, 0.6) is 11.5 Å². The first-order valence-corrected chi connectivity index (χ1v) is 10.3. The zero-order valence-electron chi connectivity index (χ0n) is 17.0. The van der Waals surface area contributed by atoms with Crippen molar-refractivity contribution < 1.29 is 14.3 Å². The molecule has 5 nitrogen and oxygen atoms in total. The number of hydrogen-bond donors (Lipinski definition) is 0. The summed E-state index contributed by atoms with van der Waals surface area (Å²) in [5.41, 5.74) is 1.83. The average Bonchev–Trinajstić information content (AvgIpc) is 2.75. The van der Waals surface area contributed by atoms with Crippen molar-refractivity contribution in [2.45, 2.75) is 6.61 Å². The fourth-order valence-corrected chi connectivity index (χ4v) is 3.86. The number of benzene rings is 3. The number of carbonyl (C=O) groups is 1. The Morgan fingerprint density at radius 3 is 2.60 bits per heavy atom. The van der Waals surface area contributed by atoms with Crippen molar-refractivity contribution in [3.05, 3.63) is 74.9 Å². The Kier molecular flexibility index (Phi) is 6.95. The Morgan fingerprint density at radius 2 is 1.90 bits per heavy atom. The summed E-state index contributed by atoms with van der Waals surface area (Å²) >= 11 is 2.17. The van der Waals surface area contributed by atoms with E-state index in [1.807, 2.05) is 36.4 Å². The monoisotopic (exact) mass is 512 g/mol. The predicted octanol–water partition coefficient (Wildman–Crippen LogP) is 5.03. The molecule has 0 fully saturated rings. The lowest BCUT2D eigenvalue weighted by molar-refractivity contribution is -0.124. The van der Waals surface area contributed by atoms with Crippen LogP contribution in [0.25, 0.3) is 16.8 Å². The van der Waals surface area contributed by atoms with Crippen LogP contribution in [0.15, 0.2) is 60.2 Å². The highest BCUT2D eigenvalue weighted by atomic mass is 127. The van der Waals surface area contributed by atoms with Gasteiger partial charge in [0, 0.05) is 14.1 Å². The van der Waals surface area contributed by atoms with Crippen molar-refractivity contribution in [1.82, 2.24) is 4.90 Å². The van der Waals surface area contributed by atoms with Crippen LogP contribution in [0.2, 0.25) is 0 Å². The maximum atomic E-state index is 12.1. The van der Waals surface area contributed by atoms with Crippen molar-refractivity contribution in [2.24, 2.45) is 0 Å². The second-order valence-electron chi connectivity index (χ2n) is 6.83. The maximum absolute atomic E-state index is 12.1. The molecule has 0 heterocycles. The third kappa shape index (κ3) is 4.74. The third-order valence-corrected chi connectivity index (χ3v) is 5.37. The summed E-state index contributed by atoms with van der Waals surface area (Å²) in [5.74, 6) is 0.825. The number of hydrogen-bond acceptors (Lipinski definition) is 4. The van der Waals surface area contributed by atoms with Gasteiger partial charge in [-0.1, -0.05) is 42.5 Å². The SMILES string of the molecule is COc1cc(/C=C(/C#N)C(=O)N(C)C)cc(I)c1OCc1cccc2ccccc12. The van der Waals surface area contributed by atoms with Crippen molar-refractivity contribution in [3.63, 3.8) is 0 Å². The maximum Gasteiger partial charge on any atom is 0.264 e. The van der Waals surface area contributed by atoms with Crippen LogP contribution in [0.1, 0.15) is 11.1 Å². The summed E-state index contributed by atoms with van der Waals surface area (Å²) in [4.78, 5) is 13.5. The summed E-state index contributed by atoms with van der Waals surface area (Å²) in [6, 6.07) is 19.9. The first kappa shape index (κ1) is 21.7. The van der Waals surface area contributed by atoms with Gasteiger partial charge >= 0.3 is 0 Å². The van der Waals surface area contributed by atoms with E-state index in [1.165, 1.54) is 4.90 Å². The lowest BCUT2D eigenvalue weighted by atomic mass is 10.1. The van der Waals surface area contributed by atoms with Gasteiger partial charge in [-0.05, 0) is 62.7 Å². The smallest absolute Gasteiger partial charge is 0.264 e. The first-order valence-electron chi connectivity index (χ1n) is 9.25. The molecule has 30 heavy (non-hydrogen) atoms. The first-order chi connectivity index (χ1) is 14.4. The molecular formula is C24H21IN2O3. The number of halogens is 1. The molecule has 0 bridgehead atoms. The van der Waals surface area contributed by atoms with E-state index in [9.17, 15) is 10.1 Å². The predicted molar refractivity (Wildman–Crippen MR) is 126 cm³/mol. The number of ether oxygens (including phenoxy) is 2. The highest BCUT2D eigenvalue weighted by Gasteiger charge is 2.15. The van der Waals surface area contributed by atoms with E-state index in [0.717, 1.165) is 19.9 Å². The van der Waals surface area contributed by atoms with Gasteiger partial charge in [0.1, 0.15) is 18.2 Å². The van der Waals surface area contributed by atoms with Gasteiger partial charge in [-0.15, -0.1) is 0 Å². The van der Waals surface area contributed by atoms with E-state index in [4.69, 9.17) is 9.47 Å². The van der Waals surface area contributed by atoms with Gasteiger partial charge in [-0.3, -0.25) is 4.79 Å². The molecule has 0 spiro atoms.